The van der Waals surface area contributed by atoms with E-state index in [0.29, 0.717) is 0 Å². The van der Waals surface area contributed by atoms with Gasteiger partial charge in [-0.2, -0.15) is 0 Å². The smallest absolute Gasteiger partial charge is 0.00225 e. The third kappa shape index (κ3) is 2.29. The molecule has 2 bridgehead atoms. The number of rotatable bonds is 5. The predicted molar refractivity (Wildman–Crippen MR) is 62.2 cm³/mol. The van der Waals surface area contributed by atoms with Gasteiger partial charge in [-0.15, -0.1) is 0 Å². The summed E-state index contributed by atoms with van der Waals surface area (Å²) < 4.78 is 0. The molecule has 0 radical (unpaired) electrons. The number of fused-ring (bicyclic) bond motifs is 1. The van der Waals surface area contributed by atoms with Crippen LogP contribution in [0.1, 0.15) is 51.9 Å². The lowest BCUT2D eigenvalue weighted by Crippen LogP contribution is -2.16. The van der Waals surface area contributed by atoms with Gasteiger partial charge in [0.2, 0.25) is 0 Å². The maximum Gasteiger partial charge on any atom is -0.00225 e. The highest BCUT2D eigenvalue weighted by Gasteiger charge is 2.23. The SMILES string of the molecule is CCCCCCC1=CC2C=CC1CC2. The largest absolute Gasteiger partial charge is 0.0810 e. The topological polar surface area (TPSA) is 0 Å². The summed E-state index contributed by atoms with van der Waals surface area (Å²) >= 11 is 0. The van der Waals surface area contributed by atoms with Gasteiger partial charge in [0.15, 0.2) is 0 Å². The predicted octanol–water partition coefficient (Wildman–Crippen LogP) is 4.48. The molecule has 0 aromatic rings. The van der Waals surface area contributed by atoms with Gasteiger partial charge in [-0.25, -0.2) is 0 Å². The van der Waals surface area contributed by atoms with Crippen molar-refractivity contribution in [2.75, 3.05) is 0 Å². The molecule has 78 valence electrons. The second-order valence-electron chi connectivity index (χ2n) is 4.78. The van der Waals surface area contributed by atoms with Crippen LogP contribution in [-0.2, 0) is 0 Å². The summed E-state index contributed by atoms with van der Waals surface area (Å²) in [4.78, 5) is 0. The molecule has 0 saturated carbocycles. The van der Waals surface area contributed by atoms with Gasteiger partial charge in [-0.3, -0.25) is 0 Å². The van der Waals surface area contributed by atoms with E-state index in [9.17, 15) is 0 Å². The van der Waals surface area contributed by atoms with Crippen LogP contribution in [0.5, 0.6) is 0 Å². The molecule has 0 heterocycles. The molecule has 0 saturated heterocycles. The average molecular weight is 190 g/mol. The van der Waals surface area contributed by atoms with Gasteiger partial charge in [-0.1, -0.05) is 50.0 Å². The van der Waals surface area contributed by atoms with Crippen molar-refractivity contribution in [3.8, 4) is 0 Å². The summed E-state index contributed by atoms with van der Waals surface area (Å²) in [5.41, 5.74) is 1.75. The fourth-order valence-corrected chi connectivity index (χ4v) is 2.71. The Kier molecular flexibility index (Phi) is 3.44. The minimum absolute atomic E-state index is 0.793. The number of hydrogen-bond acceptors (Lipinski definition) is 0. The number of allylic oxidation sites excluding steroid dienone is 4. The zero-order chi connectivity index (χ0) is 9.80. The molecule has 14 heavy (non-hydrogen) atoms. The molecule has 0 N–H and O–H groups in total. The van der Waals surface area contributed by atoms with Crippen LogP contribution in [0.3, 0.4) is 0 Å². The van der Waals surface area contributed by atoms with Crippen LogP contribution in [0.4, 0.5) is 0 Å². The van der Waals surface area contributed by atoms with Crippen LogP contribution in [0.2, 0.25) is 0 Å². The van der Waals surface area contributed by atoms with Crippen molar-refractivity contribution >= 4 is 0 Å². The summed E-state index contributed by atoms with van der Waals surface area (Å²) in [6.07, 6.45) is 17.2. The fourth-order valence-electron chi connectivity index (χ4n) is 2.71. The van der Waals surface area contributed by atoms with E-state index in [4.69, 9.17) is 0 Å². The van der Waals surface area contributed by atoms with E-state index in [-0.39, 0.29) is 0 Å². The Morgan fingerprint density at radius 1 is 1.14 bits per heavy atom. The molecule has 0 amide bonds. The highest BCUT2D eigenvalue weighted by Crippen LogP contribution is 2.37. The standard InChI is InChI=1S/C14H22/c1-2-3-4-5-6-14-11-12-7-9-13(14)10-8-12/h7,9,11-13H,2-6,8,10H2,1H3. The van der Waals surface area contributed by atoms with Crippen molar-refractivity contribution in [3.63, 3.8) is 0 Å². The highest BCUT2D eigenvalue weighted by molar-refractivity contribution is 5.25. The molecule has 0 spiro atoms. The molecular weight excluding hydrogens is 168 g/mol. The maximum absolute atomic E-state index is 2.54. The van der Waals surface area contributed by atoms with Crippen LogP contribution in [0.15, 0.2) is 23.8 Å². The molecular formula is C14H22. The lowest BCUT2D eigenvalue weighted by atomic mass is 9.75. The minimum Gasteiger partial charge on any atom is -0.0810 e. The van der Waals surface area contributed by atoms with E-state index < -0.39 is 0 Å². The zero-order valence-electron chi connectivity index (χ0n) is 9.34. The van der Waals surface area contributed by atoms with Gasteiger partial charge in [0.1, 0.15) is 0 Å². The Morgan fingerprint density at radius 3 is 2.64 bits per heavy atom. The van der Waals surface area contributed by atoms with Gasteiger partial charge < -0.3 is 0 Å². The van der Waals surface area contributed by atoms with Crippen molar-refractivity contribution < 1.29 is 0 Å². The zero-order valence-corrected chi connectivity index (χ0v) is 9.34. The summed E-state index contributed by atoms with van der Waals surface area (Å²) in [5.74, 6) is 1.61. The molecule has 3 rings (SSSR count). The monoisotopic (exact) mass is 190 g/mol. The maximum atomic E-state index is 2.54. The highest BCUT2D eigenvalue weighted by atomic mass is 14.3. The van der Waals surface area contributed by atoms with Gasteiger partial charge in [0.25, 0.3) is 0 Å². The van der Waals surface area contributed by atoms with Crippen molar-refractivity contribution in [1.29, 1.82) is 0 Å². The number of unbranched alkanes of at least 4 members (excludes halogenated alkanes) is 3. The van der Waals surface area contributed by atoms with E-state index >= 15 is 0 Å². The van der Waals surface area contributed by atoms with Gasteiger partial charge in [0, 0.05) is 0 Å². The molecule has 0 heteroatoms. The van der Waals surface area contributed by atoms with Crippen LogP contribution in [0, 0.1) is 11.8 Å². The lowest BCUT2D eigenvalue weighted by molar-refractivity contribution is 0.483. The van der Waals surface area contributed by atoms with Crippen LogP contribution < -0.4 is 0 Å². The molecule has 0 aliphatic heterocycles. The molecule has 2 atom stereocenters. The van der Waals surface area contributed by atoms with E-state index in [1.807, 2.05) is 0 Å². The van der Waals surface area contributed by atoms with Crippen LogP contribution >= 0.6 is 0 Å². The van der Waals surface area contributed by atoms with Crippen molar-refractivity contribution in [3.05, 3.63) is 23.8 Å². The van der Waals surface area contributed by atoms with Gasteiger partial charge in [-0.05, 0) is 37.5 Å². The second kappa shape index (κ2) is 4.82. The van der Waals surface area contributed by atoms with Crippen molar-refractivity contribution in [2.24, 2.45) is 11.8 Å². The van der Waals surface area contributed by atoms with Crippen LogP contribution in [-0.4, -0.2) is 0 Å². The third-order valence-electron chi connectivity index (χ3n) is 3.63. The molecule has 0 fully saturated rings. The van der Waals surface area contributed by atoms with Gasteiger partial charge >= 0.3 is 0 Å². The average Bonchev–Trinajstić information content (AvgIpc) is 2.26. The van der Waals surface area contributed by atoms with E-state index in [2.05, 4.69) is 25.2 Å². The first-order chi connectivity index (χ1) is 6.90. The van der Waals surface area contributed by atoms with E-state index in [1.54, 1.807) is 5.57 Å². The Balaban J connectivity index is 1.76. The molecule has 0 nitrogen and oxygen atoms in total. The Morgan fingerprint density at radius 2 is 2.07 bits per heavy atom. The van der Waals surface area contributed by atoms with Gasteiger partial charge in [0.05, 0.1) is 0 Å². The summed E-state index contributed by atoms with van der Waals surface area (Å²) in [6.45, 7) is 2.28. The van der Waals surface area contributed by atoms with Crippen LogP contribution in [0.25, 0.3) is 0 Å². The van der Waals surface area contributed by atoms with Crippen molar-refractivity contribution in [1.82, 2.24) is 0 Å². The van der Waals surface area contributed by atoms with E-state index in [0.717, 1.165) is 11.8 Å². The van der Waals surface area contributed by atoms with E-state index in [1.165, 1.54) is 44.9 Å². The minimum atomic E-state index is 0.793. The Bertz CT molecular complexity index is 234. The second-order valence-corrected chi connectivity index (χ2v) is 4.78. The summed E-state index contributed by atoms with van der Waals surface area (Å²) in [5, 5.41) is 0. The fraction of sp³-hybridized carbons (Fsp3) is 0.714. The normalized spacial score (nSPS) is 29.4. The first kappa shape index (κ1) is 10.0. The molecule has 0 aromatic heterocycles. The summed E-state index contributed by atoms with van der Waals surface area (Å²) in [6, 6.07) is 0. The first-order valence-corrected chi connectivity index (χ1v) is 6.29. The molecule has 3 aliphatic carbocycles. The quantitative estimate of drug-likeness (QED) is 0.443. The number of hydrogen-bond donors (Lipinski definition) is 0. The Labute approximate surface area is 88.1 Å². The molecule has 2 unspecified atom stereocenters. The summed E-state index contributed by atoms with van der Waals surface area (Å²) in [7, 11) is 0. The third-order valence-corrected chi connectivity index (χ3v) is 3.63. The lowest BCUT2D eigenvalue weighted by Gasteiger charge is -2.30. The molecule has 3 aliphatic rings. The molecule has 0 aromatic carbocycles. The Hall–Kier alpha value is -0.520. The van der Waals surface area contributed by atoms with Crippen molar-refractivity contribution in [2.45, 2.75) is 51.9 Å². The first-order valence-electron chi connectivity index (χ1n) is 6.29.